The normalized spacial score (nSPS) is 26.0. The van der Waals surface area contributed by atoms with Gasteiger partial charge in [-0.15, -0.1) is 0 Å². The van der Waals surface area contributed by atoms with Gasteiger partial charge in [0.2, 0.25) is 0 Å². The zero-order chi connectivity index (χ0) is 14.2. The maximum atomic E-state index is 5.99. The molecular formula is C17H27N3O. The second-order valence-corrected chi connectivity index (χ2v) is 7.21. The van der Waals surface area contributed by atoms with Crippen LogP contribution in [0.1, 0.15) is 49.8 Å². The Morgan fingerprint density at radius 1 is 1.19 bits per heavy atom. The Kier molecular flexibility index (Phi) is 3.76. The third-order valence-electron chi connectivity index (χ3n) is 5.04. The summed E-state index contributed by atoms with van der Waals surface area (Å²) in [5.41, 5.74) is 2.74. The lowest BCUT2D eigenvalue weighted by molar-refractivity contribution is 0.0886. The summed E-state index contributed by atoms with van der Waals surface area (Å²) in [6, 6.07) is 0. The number of hydrogen-bond donors (Lipinski definition) is 0. The fourth-order valence-electron chi connectivity index (χ4n) is 3.41. The zero-order valence-corrected chi connectivity index (χ0v) is 13.1. The highest BCUT2D eigenvalue weighted by Crippen LogP contribution is 2.34. The molecule has 1 aromatic rings. The molecule has 0 saturated heterocycles. The summed E-state index contributed by atoms with van der Waals surface area (Å²) >= 11 is 0. The Hall–Kier alpha value is -0.870. The van der Waals surface area contributed by atoms with E-state index in [2.05, 4.69) is 22.7 Å². The smallest absolute Gasteiger partial charge is 0.0736 e. The average molecular weight is 289 g/mol. The molecule has 0 amide bonds. The molecule has 2 aliphatic carbocycles. The lowest BCUT2D eigenvalue weighted by atomic mass is 9.97. The van der Waals surface area contributed by atoms with Gasteiger partial charge in [0, 0.05) is 50.5 Å². The minimum Gasteiger partial charge on any atom is -0.380 e. The predicted molar refractivity (Wildman–Crippen MR) is 82.2 cm³/mol. The Labute approximate surface area is 127 Å². The fraction of sp³-hybridized carbons (Fsp3) is 0.824. The number of ether oxygens (including phenoxy) is 1. The van der Waals surface area contributed by atoms with Crippen LogP contribution in [0.3, 0.4) is 0 Å². The molecular weight excluding hydrogens is 262 g/mol. The van der Waals surface area contributed by atoms with Gasteiger partial charge in [0.15, 0.2) is 0 Å². The second kappa shape index (κ2) is 5.73. The Bertz CT molecular complexity index is 490. The molecule has 4 rings (SSSR count). The Morgan fingerprint density at radius 2 is 2.00 bits per heavy atom. The van der Waals surface area contributed by atoms with Crippen molar-refractivity contribution in [2.75, 3.05) is 26.3 Å². The van der Waals surface area contributed by atoms with E-state index in [4.69, 9.17) is 9.84 Å². The largest absolute Gasteiger partial charge is 0.380 e. The van der Waals surface area contributed by atoms with Crippen molar-refractivity contribution in [3.8, 4) is 0 Å². The minimum atomic E-state index is 0.471. The van der Waals surface area contributed by atoms with Crippen LogP contribution in [0.25, 0.3) is 0 Å². The van der Waals surface area contributed by atoms with Crippen molar-refractivity contribution in [2.24, 2.45) is 11.8 Å². The highest BCUT2D eigenvalue weighted by molar-refractivity contribution is 5.24. The van der Waals surface area contributed by atoms with Crippen LogP contribution in [0, 0.1) is 11.8 Å². The van der Waals surface area contributed by atoms with E-state index < -0.39 is 0 Å². The molecule has 0 aromatic carbocycles. The lowest BCUT2D eigenvalue weighted by Gasteiger charge is -2.31. The third kappa shape index (κ3) is 3.32. The van der Waals surface area contributed by atoms with E-state index in [9.17, 15) is 0 Å². The van der Waals surface area contributed by atoms with E-state index in [1.807, 2.05) is 0 Å². The van der Waals surface area contributed by atoms with Crippen molar-refractivity contribution >= 4 is 0 Å². The van der Waals surface area contributed by atoms with Gasteiger partial charge in [0.1, 0.15) is 0 Å². The van der Waals surface area contributed by atoms with Gasteiger partial charge in [0.05, 0.1) is 12.3 Å². The summed E-state index contributed by atoms with van der Waals surface area (Å²) in [6.45, 7) is 8.44. The summed E-state index contributed by atoms with van der Waals surface area (Å²) < 4.78 is 8.09. The Morgan fingerprint density at radius 3 is 2.71 bits per heavy atom. The SMILES string of the molecule is CCn1cc2c(n1)C(COCC1CC1)CN(CC1CC1)C2. The van der Waals surface area contributed by atoms with Crippen molar-refractivity contribution in [1.82, 2.24) is 14.7 Å². The minimum absolute atomic E-state index is 0.471. The molecule has 116 valence electrons. The maximum Gasteiger partial charge on any atom is 0.0736 e. The molecule has 3 aliphatic rings. The van der Waals surface area contributed by atoms with Crippen LogP contribution >= 0.6 is 0 Å². The van der Waals surface area contributed by atoms with Gasteiger partial charge in [-0.1, -0.05) is 0 Å². The highest BCUT2D eigenvalue weighted by atomic mass is 16.5. The van der Waals surface area contributed by atoms with E-state index in [1.54, 1.807) is 0 Å². The topological polar surface area (TPSA) is 30.3 Å². The number of aryl methyl sites for hydroxylation is 1. The van der Waals surface area contributed by atoms with Gasteiger partial charge in [-0.3, -0.25) is 9.58 Å². The predicted octanol–water partition coefficient (Wildman–Crippen LogP) is 2.64. The van der Waals surface area contributed by atoms with Gasteiger partial charge < -0.3 is 4.74 Å². The van der Waals surface area contributed by atoms with E-state index in [0.717, 1.165) is 44.7 Å². The van der Waals surface area contributed by atoms with Crippen molar-refractivity contribution in [1.29, 1.82) is 0 Å². The van der Waals surface area contributed by atoms with Crippen molar-refractivity contribution in [3.05, 3.63) is 17.5 Å². The first-order valence-electron chi connectivity index (χ1n) is 8.68. The molecule has 1 atom stereocenters. The third-order valence-corrected chi connectivity index (χ3v) is 5.04. The first-order chi connectivity index (χ1) is 10.3. The van der Waals surface area contributed by atoms with Crippen LogP contribution in [-0.2, 0) is 17.8 Å². The molecule has 2 heterocycles. The average Bonchev–Trinajstić information content (AvgIpc) is 3.39. The van der Waals surface area contributed by atoms with Crippen molar-refractivity contribution in [3.63, 3.8) is 0 Å². The van der Waals surface area contributed by atoms with Crippen LogP contribution in [0.2, 0.25) is 0 Å². The van der Waals surface area contributed by atoms with Gasteiger partial charge in [-0.2, -0.15) is 5.10 Å². The number of nitrogens with zero attached hydrogens (tertiary/aromatic N) is 3. The standard InChI is InChI=1S/C17H27N3O/c1-2-20-10-15-8-19(7-13-3-4-13)9-16(17(15)18-20)12-21-11-14-5-6-14/h10,13-14,16H,2-9,11-12H2,1H3. The molecule has 2 saturated carbocycles. The first-order valence-corrected chi connectivity index (χ1v) is 8.68. The van der Waals surface area contributed by atoms with Crippen LogP contribution in [-0.4, -0.2) is 41.0 Å². The molecule has 4 nitrogen and oxygen atoms in total. The highest BCUT2D eigenvalue weighted by Gasteiger charge is 2.32. The lowest BCUT2D eigenvalue weighted by Crippen LogP contribution is -2.36. The van der Waals surface area contributed by atoms with E-state index in [0.29, 0.717) is 5.92 Å². The fourth-order valence-corrected chi connectivity index (χ4v) is 3.41. The van der Waals surface area contributed by atoms with E-state index >= 15 is 0 Å². The van der Waals surface area contributed by atoms with Gasteiger partial charge >= 0.3 is 0 Å². The number of aromatic nitrogens is 2. The van der Waals surface area contributed by atoms with Crippen molar-refractivity contribution in [2.45, 2.75) is 51.6 Å². The van der Waals surface area contributed by atoms with Crippen LogP contribution < -0.4 is 0 Å². The molecule has 1 unspecified atom stereocenters. The quantitative estimate of drug-likeness (QED) is 0.773. The van der Waals surface area contributed by atoms with E-state index in [-0.39, 0.29) is 0 Å². The summed E-state index contributed by atoms with van der Waals surface area (Å²) in [5, 5.41) is 4.80. The van der Waals surface area contributed by atoms with Crippen LogP contribution in [0.4, 0.5) is 0 Å². The zero-order valence-electron chi connectivity index (χ0n) is 13.1. The number of hydrogen-bond acceptors (Lipinski definition) is 3. The van der Waals surface area contributed by atoms with E-state index in [1.165, 1.54) is 43.5 Å². The monoisotopic (exact) mass is 289 g/mol. The maximum absolute atomic E-state index is 5.99. The Balaban J connectivity index is 1.44. The first kappa shape index (κ1) is 13.8. The molecule has 2 fully saturated rings. The van der Waals surface area contributed by atoms with Crippen LogP contribution in [0.15, 0.2) is 6.20 Å². The molecule has 0 radical (unpaired) electrons. The summed E-state index contributed by atoms with van der Waals surface area (Å²) in [5.74, 6) is 2.28. The van der Waals surface area contributed by atoms with Gasteiger partial charge in [-0.25, -0.2) is 0 Å². The van der Waals surface area contributed by atoms with Gasteiger partial charge in [-0.05, 0) is 44.4 Å². The number of fused-ring (bicyclic) bond motifs is 1. The summed E-state index contributed by atoms with van der Waals surface area (Å²) in [6.07, 6.45) is 7.85. The van der Waals surface area contributed by atoms with Crippen LogP contribution in [0.5, 0.6) is 0 Å². The molecule has 4 heteroatoms. The molecule has 0 N–H and O–H groups in total. The molecule has 1 aromatic heterocycles. The molecule has 0 spiro atoms. The van der Waals surface area contributed by atoms with Gasteiger partial charge in [0.25, 0.3) is 0 Å². The molecule has 1 aliphatic heterocycles. The second-order valence-electron chi connectivity index (χ2n) is 7.21. The number of rotatable bonds is 7. The van der Waals surface area contributed by atoms with Crippen molar-refractivity contribution < 1.29 is 4.74 Å². The molecule has 21 heavy (non-hydrogen) atoms. The summed E-state index contributed by atoms with van der Waals surface area (Å²) in [7, 11) is 0. The summed E-state index contributed by atoms with van der Waals surface area (Å²) in [4.78, 5) is 2.63. The molecule has 0 bridgehead atoms.